The van der Waals surface area contributed by atoms with Crippen molar-refractivity contribution in [1.82, 2.24) is 4.57 Å². The summed E-state index contributed by atoms with van der Waals surface area (Å²) in [6.07, 6.45) is 0. The van der Waals surface area contributed by atoms with E-state index in [4.69, 9.17) is 9.47 Å². The monoisotopic (exact) mass is 351 g/mol. The van der Waals surface area contributed by atoms with Crippen molar-refractivity contribution in [2.75, 3.05) is 13.7 Å². The van der Waals surface area contributed by atoms with Gasteiger partial charge < -0.3 is 14.0 Å². The van der Waals surface area contributed by atoms with Crippen LogP contribution >= 0.6 is 0 Å². The van der Waals surface area contributed by atoms with E-state index in [1.165, 1.54) is 0 Å². The number of aryl methyl sites for hydroxylation is 1. The molecule has 0 unspecified atom stereocenters. The highest BCUT2D eigenvalue weighted by Gasteiger charge is 2.19. The van der Waals surface area contributed by atoms with E-state index < -0.39 is 0 Å². The van der Waals surface area contributed by atoms with Gasteiger partial charge in [-0.1, -0.05) is 44.2 Å². The van der Waals surface area contributed by atoms with Gasteiger partial charge in [0.15, 0.2) is 16.9 Å². The molecule has 0 amide bonds. The van der Waals surface area contributed by atoms with Crippen LogP contribution in [0.25, 0.3) is 22.2 Å². The van der Waals surface area contributed by atoms with Crippen molar-refractivity contribution in [3.63, 3.8) is 0 Å². The Morgan fingerprint density at radius 2 is 1.77 bits per heavy atom. The van der Waals surface area contributed by atoms with E-state index in [1.807, 2.05) is 56.4 Å². The maximum absolute atomic E-state index is 13.2. The molecule has 0 bridgehead atoms. The van der Waals surface area contributed by atoms with Crippen molar-refractivity contribution in [3.05, 3.63) is 58.3 Å². The van der Waals surface area contributed by atoms with Crippen molar-refractivity contribution in [1.29, 1.82) is 0 Å². The summed E-state index contributed by atoms with van der Waals surface area (Å²) >= 11 is 0. The molecule has 0 spiro atoms. The highest BCUT2D eigenvalue weighted by atomic mass is 16.5. The fraction of sp³-hybridized carbons (Fsp3) is 0.318. The average Bonchev–Trinajstić information content (AvgIpc) is 2.64. The molecule has 3 aromatic rings. The van der Waals surface area contributed by atoms with Crippen molar-refractivity contribution in [3.8, 4) is 22.8 Å². The predicted molar refractivity (Wildman–Crippen MR) is 106 cm³/mol. The number of rotatable bonds is 5. The number of ether oxygens (including phenoxy) is 2. The number of nitrogens with zero attached hydrogens (tertiary/aromatic N) is 1. The Balaban J connectivity index is 2.30. The number of pyridine rings is 1. The molecule has 136 valence electrons. The lowest BCUT2D eigenvalue weighted by Gasteiger charge is -2.19. The van der Waals surface area contributed by atoms with Crippen LogP contribution in [0.5, 0.6) is 11.5 Å². The number of methoxy groups -OCH3 is 1. The lowest BCUT2D eigenvalue weighted by atomic mass is 10.0. The first-order chi connectivity index (χ1) is 12.5. The number of hydrogen-bond acceptors (Lipinski definition) is 3. The van der Waals surface area contributed by atoms with Crippen LogP contribution in [0.3, 0.4) is 0 Å². The molecular formula is C22H25NO3. The smallest absolute Gasteiger partial charge is 0.196 e. The van der Waals surface area contributed by atoms with Gasteiger partial charge in [0.1, 0.15) is 0 Å². The molecule has 0 fully saturated rings. The minimum atomic E-state index is -0.0243. The Morgan fingerprint density at radius 3 is 2.38 bits per heavy atom. The molecule has 1 heterocycles. The maximum Gasteiger partial charge on any atom is 0.196 e. The van der Waals surface area contributed by atoms with Crippen molar-refractivity contribution in [2.45, 2.75) is 20.8 Å². The number of hydrogen-bond donors (Lipinski definition) is 0. The summed E-state index contributed by atoms with van der Waals surface area (Å²) in [7, 11) is 3.56. The molecule has 0 saturated carbocycles. The Bertz CT molecular complexity index is 988. The summed E-state index contributed by atoms with van der Waals surface area (Å²) in [6, 6.07) is 13.8. The molecule has 0 aliphatic carbocycles. The largest absolute Gasteiger partial charge is 0.492 e. The zero-order valence-electron chi connectivity index (χ0n) is 16.0. The van der Waals surface area contributed by atoms with E-state index in [2.05, 4.69) is 18.4 Å². The third-order valence-electron chi connectivity index (χ3n) is 4.54. The van der Waals surface area contributed by atoms with Gasteiger partial charge in [-0.2, -0.15) is 0 Å². The molecular weight excluding hydrogens is 326 g/mol. The molecule has 2 aromatic carbocycles. The number of fused-ring (bicyclic) bond motifs is 1. The first-order valence-electron chi connectivity index (χ1n) is 8.84. The van der Waals surface area contributed by atoms with Crippen LogP contribution in [-0.2, 0) is 7.05 Å². The third kappa shape index (κ3) is 3.07. The lowest BCUT2D eigenvalue weighted by Crippen LogP contribution is -2.16. The summed E-state index contributed by atoms with van der Waals surface area (Å²) < 4.78 is 13.5. The first-order valence-corrected chi connectivity index (χ1v) is 8.84. The molecule has 0 aliphatic heterocycles. The summed E-state index contributed by atoms with van der Waals surface area (Å²) in [5.74, 6) is 1.50. The zero-order chi connectivity index (χ0) is 18.8. The van der Waals surface area contributed by atoms with Crippen LogP contribution in [0.15, 0.2) is 47.3 Å². The second-order valence-corrected chi connectivity index (χ2v) is 6.92. The van der Waals surface area contributed by atoms with Gasteiger partial charge in [0, 0.05) is 12.6 Å². The van der Waals surface area contributed by atoms with Crippen LogP contribution in [0, 0.1) is 12.8 Å². The SMILES string of the molecule is COc1c(OCC(C)C)ccc2c1c(=O)c(C)c(-c1ccccc1)n2C. The summed E-state index contributed by atoms with van der Waals surface area (Å²) in [5, 5.41) is 0.563. The van der Waals surface area contributed by atoms with Gasteiger partial charge in [-0.25, -0.2) is 0 Å². The summed E-state index contributed by atoms with van der Waals surface area (Å²) in [4.78, 5) is 13.2. The standard InChI is InChI=1S/C22H25NO3/c1-14(2)13-26-18-12-11-17-19(22(18)25-5)21(24)15(3)20(23(17)4)16-9-7-6-8-10-16/h6-12,14H,13H2,1-5H3. The van der Waals surface area contributed by atoms with Crippen molar-refractivity contribution >= 4 is 10.9 Å². The van der Waals surface area contributed by atoms with Gasteiger partial charge in [-0.05, 0) is 30.5 Å². The van der Waals surface area contributed by atoms with Crippen LogP contribution in [-0.4, -0.2) is 18.3 Å². The van der Waals surface area contributed by atoms with Crippen LogP contribution in [0.2, 0.25) is 0 Å². The highest BCUT2D eigenvalue weighted by molar-refractivity contribution is 5.91. The van der Waals surface area contributed by atoms with Crippen LogP contribution < -0.4 is 14.9 Å². The highest BCUT2D eigenvalue weighted by Crippen LogP contribution is 2.36. The fourth-order valence-corrected chi connectivity index (χ4v) is 3.30. The first kappa shape index (κ1) is 18.1. The maximum atomic E-state index is 13.2. The van der Waals surface area contributed by atoms with Gasteiger partial charge in [-0.15, -0.1) is 0 Å². The summed E-state index contributed by atoms with van der Waals surface area (Å²) in [6.45, 7) is 6.61. The van der Waals surface area contributed by atoms with E-state index in [9.17, 15) is 4.79 Å². The summed E-state index contributed by atoms with van der Waals surface area (Å²) in [5.41, 5.74) is 3.44. The van der Waals surface area contributed by atoms with Gasteiger partial charge in [0.25, 0.3) is 0 Å². The van der Waals surface area contributed by atoms with Crippen molar-refractivity contribution in [2.24, 2.45) is 13.0 Å². The Labute approximate surface area is 154 Å². The topological polar surface area (TPSA) is 40.5 Å². The van der Waals surface area contributed by atoms with Gasteiger partial charge >= 0.3 is 0 Å². The fourth-order valence-electron chi connectivity index (χ4n) is 3.30. The second-order valence-electron chi connectivity index (χ2n) is 6.92. The molecule has 1 aromatic heterocycles. The van der Waals surface area contributed by atoms with E-state index in [0.717, 1.165) is 16.8 Å². The minimum absolute atomic E-state index is 0.0243. The Hall–Kier alpha value is -2.75. The minimum Gasteiger partial charge on any atom is -0.492 e. The molecule has 0 saturated heterocycles. The van der Waals surface area contributed by atoms with Gasteiger partial charge in [-0.3, -0.25) is 4.79 Å². The van der Waals surface area contributed by atoms with Crippen LogP contribution in [0.1, 0.15) is 19.4 Å². The van der Waals surface area contributed by atoms with E-state index in [1.54, 1.807) is 7.11 Å². The Morgan fingerprint density at radius 1 is 1.08 bits per heavy atom. The predicted octanol–water partition coefficient (Wildman–Crippen LogP) is 4.56. The third-order valence-corrected chi connectivity index (χ3v) is 4.54. The molecule has 4 heteroatoms. The molecule has 26 heavy (non-hydrogen) atoms. The molecule has 4 nitrogen and oxygen atoms in total. The van der Waals surface area contributed by atoms with Gasteiger partial charge in [0.05, 0.1) is 30.3 Å². The molecule has 0 N–H and O–H groups in total. The van der Waals surface area contributed by atoms with E-state index in [0.29, 0.717) is 35.0 Å². The number of aromatic nitrogens is 1. The molecule has 0 atom stereocenters. The molecule has 3 rings (SSSR count). The number of benzene rings is 2. The Kier molecular flexibility index (Phi) is 5.03. The average molecular weight is 351 g/mol. The van der Waals surface area contributed by atoms with E-state index in [-0.39, 0.29) is 5.43 Å². The van der Waals surface area contributed by atoms with E-state index >= 15 is 0 Å². The normalized spacial score (nSPS) is 11.2. The van der Waals surface area contributed by atoms with Crippen molar-refractivity contribution < 1.29 is 9.47 Å². The zero-order valence-corrected chi connectivity index (χ0v) is 16.0. The second kappa shape index (κ2) is 7.24. The molecule has 0 aliphatic rings. The quantitative estimate of drug-likeness (QED) is 0.677. The van der Waals surface area contributed by atoms with Gasteiger partial charge in [0.2, 0.25) is 0 Å². The lowest BCUT2D eigenvalue weighted by molar-refractivity contribution is 0.258. The molecule has 0 radical (unpaired) electrons. The van der Waals surface area contributed by atoms with Crippen LogP contribution in [0.4, 0.5) is 0 Å².